The predicted octanol–water partition coefficient (Wildman–Crippen LogP) is 0.890. The van der Waals surface area contributed by atoms with Crippen LogP contribution in [0.1, 0.15) is 5.56 Å². The van der Waals surface area contributed by atoms with Gasteiger partial charge in [0.05, 0.1) is 0 Å². The number of aryl methyl sites for hydroxylation is 1. The molecule has 0 aliphatic rings. The van der Waals surface area contributed by atoms with E-state index in [0.717, 1.165) is 5.39 Å². The first-order chi connectivity index (χ1) is 6.18. The van der Waals surface area contributed by atoms with Gasteiger partial charge in [-0.3, -0.25) is 0 Å². The third-order valence-corrected chi connectivity index (χ3v) is 3.17. The molecule has 0 aliphatic heterocycles. The zero-order chi connectivity index (χ0) is 9.42. The highest BCUT2D eigenvalue weighted by Gasteiger charge is 2.11. The van der Waals surface area contributed by atoms with E-state index in [4.69, 9.17) is 10.0 Å². The molecule has 0 bridgehead atoms. The normalized spacial score (nSPS) is 10.7. The number of fused-ring (bicyclic) bond motifs is 1. The minimum Gasteiger partial charge on any atom is -0.423 e. The molecule has 1 aromatic heterocycles. The van der Waals surface area contributed by atoms with Gasteiger partial charge in [-0.2, -0.15) is 0 Å². The van der Waals surface area contributed by atoms with Crippen LogP contribution in [0.25, 0.3) is 10.1 Å². The number of hydrogen-bond acceptors (Lipinski definition) is 3. The Morgan fingerprint density at radius 1 is 1.31 bits per heavy atom. The maximum Gasteiger partial charge on any atom is 0.488 e. The zero-order valence-electron chi connectivity index (χ0n) is 7.19. The molecule has 4 heteroatoms. The molecular weight excluding hydrogens is 183 g/mol. The lowest BCUT2D eigenvalue weighted by atomic mass is 9.80. The molecule has 66 valence electrons. The van der Waals surface area contributed by atoms with E-state index in [1.165, 1.54) is 10.3 Å². The van der Waals surface area contributed by atoms with Crippen LogP contribution in [0.3, 0.4) is 0 Å². The van der Waals surface area contributed by atoms with Crippen LogP contribution in [0.5, 0.6) is 0 Å². The second kappa shape index (κ2) is 3.14. The molecule has 0 amide bonds. The molecule has 2 rings (SSSR count). The van der Waals surface area contributed by atoms with Crippen LogP contribution in [-0.2, 0) is 0 Å². The molecule has 0 saturated heterocycles. The molecule has 2 aromatic rings. The maximum absolute atomic E-state index is 8.97. The summed E-state index contributed by atoms with van der Waals surface area (Å²) in [7, 11) is -1.37. The van der Waals surface area contributed by atoms with E-state index >= 15 is 0 Å². The fourth-order valence-electron chi connectivity index (χ4n) is 1.33. The summed E-state index contributed by atoms with van der Waals surface area (Å²) in [4.78, 5) is 0. The summed E-state index contributed by atoms with van der Waals surface area (Å²) in [6, 6.07) is 5.48. The molecule has 13 heavy (non-hydrogen) atoms. The number of hydrogen-bond donors (Lipinski definition) is 2. The van der Waals surface area contributed by atoms with Crippen molar-refractivity contribution in [2.24, 2.45) is 0 Å². The van der Waals surface area contributed by atoms with Crippen molar-refractivity contribution in [2.45, 2.75) is 6.92 Å². The Labute approximate surface area is 80.6 Å². The summed E-state index contributed by atoms with van der Waals surface area (Å²) in [5.41, 5.74) is 1.73. The molecule has 2 nitrogen and oxygen atoms in total. The molecule has 2 N–H and O–H groups in total. The number of benzene rings is 1. The molecule has 0 fully saturated rings. The Kier molecular flexibility index (Phi) is 2.11. The summed E-state index contributed by atoms with van der Waals surface area (Å²) in [6.45, 7) is 2.02. The van der Waals surface area contributed by atoms with Crippen molar-refractivity contribution in [1.82, 2.24) is 0 Å². The molecule has 0 aliphatic carbocycles. The number of thiophene rings is 1. The van der Waals surface area contributed by atoms with Crippen LogP contribution in [0.2, 0.25) is 0 Å². The van der Waals surface area contributed by atoms with Crippen molar-refractivity contribution in [3.05, 3.63) is 29.1 Å². The quantitative estimate of drug-likeness (QED) is 0.658. The van der Waals surface area contributed by atoms with Crippen molar-refractivity contribution < 1.29 is 10.0 Å². The average molecular weight is 192 g/mol. The highest BCUT2D eigenvalue weighted by Crippen LogP contribution is 2.23. The molecule has 0 saturated carbocycles. The van der Waals surface area contributed by atoms with Crippen LogP contribution in [0.15, 0.2) is 23.6 Å². The van der Waals surface area contributed by atoms with E-state index in [1.807, 2.05) is 19.1 Å². The van der Waals surface area contributed by atoms with Crippen LogP contribution in [0.4, 0.5) is 0 Å². The lowest BCUT2D eigenvalue weighted by Crippen LogP contribution is -2.29. The molecule has 0 radical (unpaired) electrons. The van der Waals surface area contributed by atoms with Gasteiger partial charge in [-0.15, -0.1) is 11.3 Å². The highest BCUT2D eigenvalue weighted by molar-refractivity contribution is 7.17. The largest absolute Gasteiger partial charge is 0.488 e. The van der Waals surface area contributed by atoms with Crippen molar-refractivity contribution in [3.63, 3.8) is 0 Å². The summed E-state index contributed by atoms with van der Waals surface area (Å²) in [6.07, 6.45) is 0. The first-order valence-electron chi connectivity index (χ1n) is 4.02. The van der Waals surface area contributed by atoms with E-state index in [2.05, 4.69) is 5.38 Å². The van der Waals surface area contributed by atoms with Gasteiger partial charge in [-0.05, 0) is 34.8 Å². The van der Waals surface area contributed by atoms with Gasteiger partial charge >= 0.3 is 7.12 Å². The SMILES string of the molecule is Cc1csc2ccc(B(O)O)cc12. The van der Waals surface area contributed by atoms with E-state index in [9.17, 15) is 0 Å². The van der Waals surface area contributed by atoms with Gasteiger partial charge in [0.25, 0.3) is 0 Å². The molecule has 0 unspecified atom stereocenters. The predicted molar refractivity (Wildman–Crippen MR) is 56.4 cm³/mol. The second-order valence-electron chi connectivity index (χ2n) is 3.05. The average Bonchev–Trinajstić information content (AvgIpc) is 2.47. The summed E-state index contributed by atoms with van der Waals surface area (Å²) in [5, 5.41) is 21.1. The van der Waals surface area contributed by atoms with E-state index in [0.29, 0.717) is 5.46 Å². The second-order valence-corrected chi connectivity index (χ2v) is 3.96. The molecular formula is C9H9BO2S. The maximum atomic E-state index is 8.97. The van der Waals surface area contributed by atoms with Crippen molar-refractivity contribution in [3.8, 4) is 0 Å². The van der Waals surface area contributed by atoms with Crippen molar-refractivity contribution in [1.29, 1.82) is 0 Å². The number of rotatable bonds is 1. The van der Waals surface area contributed by atoms with Gasteiger partial charge in [0, 0.05) is 4.70 Å². The van der Waals surface area contributed by atoms with Gasteiger partial charge in [0.1, 0.15) is 0 Å². The third-order valence-electron chi connectivity index (χ3n) is 2.09. The van der Waals surface area contributed by atoms with E-state index in [-0.39, 0.29) is 0 Å². The lowest BCUT2D eigenvalue weighted by Gasteiger charge is -1.99. The van der Waals surface area contributed by atoms with E-state index < -0.39 is 7.12 Å². The first-order valence-corrected chi connectivity index (χ1v) is 4.90. The molecule has 0 atom stereocenters. The summed E-state index contributed by atoms with van der Waals surface area (Å²) >= 11 is 1.67. The van der Waals surface area contributed by atoms with Gasteiger partial charge in [0.15, 0.2) is 0 Å². The Hall–Kier alpha value is -0.835. The standard InChI is InChI=1S/C9H9BO2S/c1-6-5-13-9-3-2-7(10(11)12)4-8(6)9/h2-5,11-12H,1H3. The van der Waals surface area contributed by atoms with Gasteiger partial charge in [-0.1, -0.05) is 12.1 Å². The van der Waals surface area contributed by atoms with Crippen LogP contribution in [-0.4, -0.2) is 17.2 Å². The first kappa shape index (κ1) is 8.75. The van der Waals surface area contributed by atoms with Gasteiger partial charge < -0.3 is 10.0 Å². The smallest absolute Gasteiger partial charge is 0.423 e. The Bertz CT molecular complexity index is 436. The Balaban J connectivity index is 2.66. The lowest BCUT2D eigenvalue weighted by molar-refractivity contribution is 0.426. The minimum atomic E-state index is -1.37. The Morgan fingerprint density at radius 3 is 2.77 bits per heavy atom. The third kappa shape index (κ3) is 1.48. The van der Waals surface area contributed by atoms with Crippen LogP contribution < -0.4 is 5.46 Å². The monoisotopic (exact) mass is 192 g/mol. The van der Waals surface area contributed by atoms with Gasteiger partial charge in [0.2, 0.25) is 0 Å². The minimum absolute atomic E-state index is 0.550. The fourth-order valence-corrected chi connectivity index (χ4v) is 2.26. The zero-order valence-corrected chi connectivity index (χ0v) is 8.01. The van der Waals surface area contributed by atoms with Crippen molar-refractivity contribution in [2.75, 3.05) is 0 Å². The molecule has 0 spiro atoms. The molecule has 1 aromatic carbocycles. The fraction of sp³-hybridized carbons (Fsp3) is 0.111. The van der Waals surface area contributed by atoms with E-state index in [1.54, 1.807) is 17.4 Å². The Morgan fingerprint density at radius 2 is 2.08 bits per heavy atom. The summed E-state index contributed by atoms with van der Waals surface area (Å²) < 4.78 is 1.18. The van der Waals surface area contributed by atoms with Gasteiger partial charge in [-0.25, -0.2) is 0 Å². The topological polar surface area (TPSA) is 40.5 Å². The summed E-state index contributed by atoms with van der Waals surface area (Å²) in [5.74, 6) is 0. The van der Waals surface area contributed by atoms with Crippen molar-refractivity contribution >= 4 is 34.0 Å². The highest BCUT2D eigenvalue weighted by atomic mass is 32.1. The molecule has 1 heterocycles. The van der Waals surface area contributed by atoms with Crippen LogP contribution >= 0.6 is 11.3 Å². The van der Waals surface area contributed by atoms with Crippen LogP contribution in [0, 0.1) is 6.92 Å².